The van der Waals surface area contributed by atoms with Crippen LogP contribution in [-0.4, -0.2) is 33.0 Å². The molecule has 2 rings (SSSR count). The van der Waals surface area contributed by atoms with Crippen LogP contribution in [-0.2, 0) is 4.79 Å². The maximum absolute atomic E-state index is 12.2. The molecule has 0 aliphatic carbocycles. The number of aromatic nitrogens is 2. The first-order chi connectivity index (χ1) is 9.97. The Labute approximate surface area is 122 Å². The highest BCUT2D eigenvalue weighted by Crippen LogP contribution is 2.12. The van der Waals surface area contributed by atoms with E-state index in [0.717, 1.165) is 0 Å². The Morgan fingerprint density at radius 1 is 1.19 bits per heavy atom. The summed E-state index contributed by atoms with van der Waals surface area (Å²) in [7, 11) is 0. The number of carbonyl (C=O) groups is 2. The van der Waals surface area contributed by atoms with Gasteiger partial charge in [-0.25, -0.2) is 4.79 Å². The number of nitrogens with one attached hydrogen (secondary N) is 1. The number of aliphatic carboxylic acids is 1. The van der Waals surface area contributed by atoms with Crippen molar-refractivity contribution in [1.29, 1.82) is 0 Å². The number of carbonyl (C=O) groups excluding carboxylic acids is 1. The molecule has 6 nitrogen and oxygen atoms in total. The molecule has 6 heteroatoms. The molecule has 1 unspecified atom stereocenters. The molecular weight excluding hydrogens is 270 g/mol. The van der Waals surface area contributed by atoms with E-state index in [1.165, 1.54) is 0 Å². The first-order valence-electron chi connectivity index (χ1n) is 6.72. The van der Waals surface area contributed by atoms with Crippen LogP contribution >= 0.6 is 0 Å². The second kappa shape index (κ2) is 6.30. The maximum Gasteiger partial charge on any atom is 0.326 e. The number of amides is 1. The Hall–Kier alpha value is -2.50. The summed E-state index contributed by atoms with van der Waals surface area (Å²) < 4.78 is 0. The van der Waals surface area contributed by atoms with Gasteiger partial charge in [0.15, 0.2) is 0 Å². The third kappa shape index (κ3) is 3.75. The first-order valence-corrected chi connectivity index (χ1v) is 6.72. The Bertz CT molecular complexity index is 670. The highest BCUT2D eigenvalue weighted by Gasteiger charge is 2.21. The third-order valence-electron chi connectivity index (χ3n) is 3.04. The molecule has 0 radical (unpaired) electrons. The van der Waals surface area contributed by atoms with Crippen LogP contribution in [0.5, 0.6) is 0 Å². The van der Waals surface area contributed by atoms with Crippen molar-refractivity contribution in [3.8, 4) is 0 Å². The van der Waals surface area contributed by atoms with Crippen LogP contribution in [0.15, 0.2) is 30.6 Å². The number of nitrogens with zero attached hydrogens (tertiary/aromatic N) is 2. The van der Waals surface area contributed by atoms with Gasteiger partial charge in [-0.15, -0.1) is 0 Å². The monoisotopic (exact) mass is 287 g/mol. The summed E-state index contributed by atoms with van der Waals surface area (Å²) in [5.74, 6) is -1.28. The van der Waals surface area contributed by atoms with Crippen molar-refractivity contribution in [2.24, 2.45) is 5.92 Å². The van der Waals surface area contributed by atoms with Gasteiger partial charge < -0.3 is 10.4 Å². The minimum Gasteiger partial charge on any atom is -0.480 e. The van der Waals surface area contributed by atoms with E-state index < -0.39 is 17.9 Å². The zero-order valence-electron chi connectivity index (χ0n) is 11.9. The summed E-state index contributed by atoms with van der Waals surface area (Å²) in [6.45, 7) is 3.82. The smallest absolute Gasteiger partial charge is 0.326 e. The number of rotatable bonds is 5. The van der Waals surface area contributed by atoms with E-state index in [2.05, 4.69) is 15.3 Å². The SMILES string of the molecule is CC(C)CC(NC(=O)c1ccc2nccnc2c1)C(=O)O. The lowest BCUT2D eigenvalue weighted by atomic mass is 10.0. The minimum absolute atomic E-state index is 0.175. The van der Waals surface area contributed by atoms with E-state index in [9.17, 15) is 9.59 Å². The standard InChI is InChI=1S/C15H17N3O3/c1-9(2)7-13(15(20)21)18-14(19)10-3-4-11-12(8-10)17-6-5-16-11/h3-6,8-9,13H,7H2,1-2H3,(H,18,19)(H,20,21). The van der Waals surface area contributed by atoms with Crippen LogP contribution < -0.4 is 5.32 Å². The quantitative estimate of drug-likeness (QED) is 0.875. The van der Waals surface area contributed by atoms with Crippen LogP contribution in [0.25, 0.3) is 11.0 Å². The molecule has 2 aromatic rings. The summed E-state index contributed by atoms with van der Waals surface area (Å²) >= 11 is 0. The predicted octanol–water partition coefficient (Wildman–Crippen LogP) is 1.86. The summed E-state index contributed by atoms with van der Waals surface area (Å²) in [6, 6.07) is 4.01. The fraction of sp³-hybridized carbons (Fsp3) is 0.333. The topological polar surface area (TPSA) is 92.2 Å². The molecule has 1 heterocycles. The summed E-state index contributed by atoms with van der Waals surface area (Å²) in [6.07, 6.45) is 3.50. The Balaban J connectivity index is 2.19. The van der Waals surface area contributed by atoms with Crippen molar-refractivity contribution in [1.82, 2.24) is 15.3 Å². The van der Waals surface area contributed by atoms with E-state index in [1.54, 1.807) is 30.6 Å². The first kappa shape index (κ1) is 14.9. The van der Waals surface area contributed by atoms with Crippen molar-refractivity contribution >= 4 is 22.9 Å². The molecule has 1 aromatic heterocycles. The normalized spacial score (nSPS) is 12.3. The zero-order valence-corrected chi connectivity index (χ0v) is 11.9. The average Bonchev–Trinajstić information content (AvgIpc) is 2.45. The maximum atomic E-state index is 12.2. The minimum atomic E-state index is -1.03. The summed E-state index contributed by atoms with van der Waals surface area (Å²) in [4.78, 5) is 31.6. The van der Waals surface area contributed by atoms with Crippen molar-refractivity contribution in [2.45, 2.75) is 26.3 Å². The second-order valence-electron chi connectivity index (χ2n) is 5.25. The summed E-state index contributed by atoms with van der Waals surface area (Å²) in [5.41, 5.74) is 1.66. The van der Waals surface area contributed by atoms with Crippen molar-refractivity contribution in [2.75, 3.05) is 0 Å². The van der Waals surface area contributed by atoms with E-state index in [1.807, 2.05) is 13.8 Å². The van der Waals surface area contributed by atoms with Gasteiger partial charge in [-0.1, -0.05) is 13.8 Å². The molecule has 110 valence electrons. The molecule has 1 atom stereocenters. The average molecular weight is 287 g/mol. The van der Waals surface area contributed by atoms with Gasteiger partial charge in [0.2, 0.25) is 0 Å². The van der Waals surface area contributed by atoms with E-state index >= 15 is 0 Å². The molecule has 0 spiro atoms. The Morgan fingerprint density at radius 3 is 2.48 bits per heavy atom. The number of carboxylic acid groups (broad SMARTS) is 1. The van der Waals surface area contributed by atoms with Gasteiger partial charge in [0.05, 0.1) is 11.0 Å². The molecule has 2 N–H and O–H groups in total. The van der Waals surface area contributed by atoms with E-state index in [0.29, 0.717) is 23.0 Å². The van der Waals surface area contributed by atoms with Crippen molar-refractivity contribution in [3.05, 3.63) is 36.2 Å². The molecule has 0 aliphatic rings. The fourth-order valence-electron chi connectivity index (χ4n) is 2.04. The van der Waals surface area contributed by atoms with Gasteiger partial charge in [0.25, 0.3) is 5.91 Å². The van der Waals surface area contributed by atoms with Gasteiger partial charge in [-0.05, 0) is 30.5 Å². The van der Waals surface area contributed by atoms with Crippen LogP contribution in [0.1, 0.15) is 30.6 Å². The molecule has 0 saturated carbocycles. The fourth-order valence-corrected chi connectivity index (χ4v) is 2.04. The van der Waals surface area contributed by atoms with Gasteiger partial charge in [-0.3, -0.25) is 14.8 Å². The molecule has 1 amide bonds. The second-order valence-corrected chi connectivity index (χ2v) is 5.25. The number of benzene rings is 1. The van der Waals surface area contributed by atoms with Gasteiger partial charge in [0, 0.05) is 18.0 Å². The lowest BCUT2D eigenvalue weighted by Gasteiger charge is -2.16. The molecule has 21 heavy (non-hydrogen) atoms. The molecular formula is C15H17N3O3. The van der Waals surface area contributed by atoms with Crippen LogP contribution in [0, 0.1) is 5.92 Å². The van der Waals surface area contributed by atoms with Gasteiger partial charge in [0.1, 0.15) is 6.04 Å². The molecule has 1 aromatic carbocycles. The highest BCUT2D eigenvalue weighted by molar-refractivity contribution is 5.99. The Kier molecular flexibility index (Phi) is 4.47. The van der Waals surface area contributed by atoms with Crippen LogP contribution in [0.2, 0.25) is 0 Å². The van der Waals surface area contributed by atoms with Gasteiger partial charge in [-0.2, -0.15) is 0 Å². The molecule has 0 fully saturated rings. The van der Waals surface area contributed by atoms with Crippen LogP contribution in [0.4, 0.5) is 0 Å². The van der Waals surface area contributed by atoms with Crippen molar-refractivity contribution < 1.29 is 14.7 Å². The lowest BCUT2D eigenvalue weighted by molar-refractivity contribution is -0.139. The molecule has 0 saturated heterocycles. The zero-order chi connectivity index (χ0) is 15.4. The van der Waals surface area contributed by atoms with Crippen LogP contribution in [0.3, 0.4) is 0 Å². The largest absolute Gasteiger partial charge is 0.480 e. The molecule has 0 aliphatic heterocycles. The Morgan fingerprint density at radius 2 is 1.86 bits per heavy atom. The van der Waals surface area contributed by atoms with Gasteiger partial charge >= 0.3 is 5.97 Å². The summed E-state index contributed by atoms with van der Waals surface area (Å²) in [5, 5.41) is 11.7. The number of hydrogen-bond donors (Lipinski definition) is 2. The van der Waals surface area contributed by atoms with E-state index in [4.69, 9.17) is 5.11 Å². The molecule has 0 bridgehead atoms. The predicted molar refractivity (Wildman–Crippen MR) is 77.9 cm³/mol. The lowest BCUT2D eigenvalue weighted by Crippen LogP contribution is -2.41. The third-order valence-corrected chi connectivity index (χ3v) is 3.04. The number of hydrogen-bond acceptors (Lipinski definition) is 4. The number of fused-ring (bicyclic) bond motifs is 1. The van der Waals surface area contributed by atoms with Crippen molar-refractivity contribution in [3.63, 3.8) is 0 Å². The van der Waals surface area contributed by atoms with E-state index in [-0.39, 0.29) is 5.92 Å². The highest BCUT2D eigenvalue weighted by atomic mass is 16.4. The number of carboxylic acids is 1.